The summed E-state index contributed by atoms with van der Waals surface area (Å²) in [4.78, 5) is 0.238. The van der Waals surface area contributed by atoms with E-state index in [1.807, 2.05) is 0 Å². The minimum Gasteiger partial charge on any atom is -0.475 e. The monoisotopic (exact) mass is 280 g/mol. The van der Waals surface area contributed by atoms with E-state index in [1.54, 1.807) is 24.3 Å². The van der Waals surface area contributed by atoms with Gasteiger partial charge < -0.3 is 10.1 Å². The molecule has 2 heterocycles. The first kappa shape index (κ1) is 12.6. The molecule has 0 aliphatic carbocycles. The van der Waals surface area contributed by atoms with Crippen LogP contribution in [-0.4, -0.2) is 33.5 Å². The van der Waals surface area contributed by atoms with Crippen molar-refractivity contribution in [2.45, 2.75) is 30.2 Å². The van der Waals surface area contributed by atoms with Gasteiger partial charge in [-0.1, -0.05) is 18.6 Å². The first-order chi connectivity index (χ1) is 9.17. The third-order valence-electron chi connectivity index (χ3n) is 3.43. The molecule has 19 heavy (non-hydrogen) atoms. The summed E-state index contributed by atoms with van der Waals surface area (Å²) in [5.41, 5.74) is 0.568. The molecule has 0 spiro atoms. The maximum atomic E-state index is 11.8. The number of piperidine rings is 1. The fourth-order valence-electron chi connectivity index (χ4n) is 2.43. The first-order valence-corrected chi connectivity index (χ1v) is 7.91. The van der Waals surface area contributed by atoms with Crippen LogP contribution in [0.2, 0.25) is 0 Å². The van der Waals surface area contributed by atoms with Crippen LogP contribution in [0.15, 0.2) is 33.6 Å². The second kappa shape index (κ2) is 4.94. The maximum Gasteiger partial charge on any atom is 0.286 e. The highest BCUT2D eigenvalue weighted by atomic mass is 32.2. The van der Waals surface area contributed by atoms with Crippen molar-refractivity contribution in [3.05, 3.63) is 29.8 Å². The van der Waals surface area contributed by atoms with Gasteiger partial charge in [0.2, 0.25) is 5.90 Å². The summed E-state index contributed by atoms with van der Waals surface area (Å²) < 4.78 is 33.0. The lowest BCUT2D eigenvalue weighted by molar-refractivity contribution is 0.230. The van der Waals surface area contributed by atoms with Gasteiger partial charge in [0.1, 0.15) is 11.5 Å². The average molecular weight is 280 g/mol. The number of hydrogen-bond acceptors (Lipinski definition) is 4. The summed E-state index contributed by atoms with van der Waals surface area (Å²) in [7, 11) is -3.57. The van der Waals surface area contributed by atoms with Gasteiger partial charge in [0.05, 0.1) is 5.56 Å². The van der Waals surface area contributed by atoms with Crippen LogP contribution in [0.25, 0.3) is 0 Å². The van der Waals surface area contributed by atoms with Crippen LogP contribution >= 0.6 is 0 Å². The van der Waals surface area contributed by atoms with Gasteiger partial charge in [0, 0.05) is 6.04 Å². The number of nitrogens with one attached hydrogen (secondary N) is 1. The van der Waals surface area contributed by atoms with Crippen molar-refractivity contribution in [3.63, 3.8) is 0 Å². The first-order valence-electron chi connectivity index (χ1n) is 6.47. The van der Waals surface area contributed by atoms with E-state index >= 15 is 0 Å². The topological polar surface area (TPSA) is 67.8 Å². The Morgan fingerprint density at radius 1 is 1.32 bits per heavy atom. The van der Waals surface area contributed by atoms with Gasteiger partial charge in [-0.25, -0.2) is 0 Å². The fourth-order valence-corrected chi connectivity index (χ4v) is 3.58. The summed E-state index contributed by atoms with van der Waals surface area (Å²) in [6.45, 7) is 1.46. The van der Waals surface area contributed by atoms with Crippen molar-refractivity contribution in [3.8, 4) is 0 Å². The van der Waals surface area contributed by atoms with E-state index in [9.17, 15) is 8.42 Å². The zero-order valence-electron chi connectivity index (χ0n) is 10.5. The standard InChI is InChI=1S/C13H16N2O3S/c16-19(17)12-7-2-1-6-11(12)13(15-19)18-9-10-5-3-4-8-14-10/h1-2,6-7,10,14H,3-5,8-9H2/t10-/m1/s1. The van der Waals surface area contributed by atoms with Gasteiger partial charge >= 0.3 is 0 Å². The number of sulfonamides is 1. The second-order valence-corrected chi connectivity index (χ2v) is 6.40. The zero-order chi connectivity index (χ0) is 13.3. The Balaban J connectivity index is 1.75. The molecule has 0 bridgehead atoms. The minimum atomic E-state index is -3.57. The van der Waals surface area contributed by atoms with E-state index in [-0.39, 0.29) is 16.8 Å². The Morgan fingerprint density at radius 3 is 2.95 bits per heavy atom. The average Bonchev–Trinajstić information content (AvgIpc) is 2.70. The molecule has 1 N–H and O–H groups in total. The van der Waals surface area contributed by atoms with Crippen molar-refractivity contribution in [2.24, 2.45) is 4.40 Å². The zero-order valence-corrected chi connectivity index (χ0v) is 11.3. The lowest BCUT2D eigenvalue weighted by Crippen LogP contribution is -2.38. The SMILES string of the molecule is O=S1(=O)N=C(OC[C@H]2CCCCN2)c2ccccc21. The number of hydrogen-bond donors (Lipinski definition) is 1. The van der Waals surface area contributed by atoms with E-state index in [4.69, 9.17) is 4.74 Å². The molecule has 102 valence electrons. The van der Waals surface area contributed by atoms with Crippen molar-refractivity contribution >= 4 is 15.9 Å². The molecule has 1 saturated heterocycles. The van der Waals surface area contributed by atoms with Gasteiger partial charge in [-0.15, -0.1) is 4.40 Å². The molecule has 0 aromatic heterocycles. The molecule has 2 aliphatic heterocycles. The summed E-state index contributed by atoms with van der Waals surface area (Å²) in [5, 5.41) is 3.36. The van der Waals surface area contributed by atoms with E-state index in [1.165, 1.54) is 12.8 Å². The van der Waals surface area contributed by atoms with Crippen molar-refractivity contribution in [2.75, 3.05) is 13.2 Å². The third kappa shape index (κ3) is 2.50. The molecule has 0 unspecified atom stereocenters. The number of ether oxygens (including phenoxy) is 1. The molecule has 1 aromatic carbocycles. The molecule has 6 heteroatoms. The highest BCUT2D eigenvalue weighted by Crippen LogP contribution is 2.26. The van der Waals surface area contributed by atoms with E-state index < -0.39 is 10.0 Å². The Hall–Kier alpha value is -1.40. The Morgan fingerprint density at radius 2 is 2.16 bits per heavy atom. The smallest absolute Gasteiger partial charge is 0.286 e. The molecular weight excluding hydrogens is 264 g/mol. The molecule has 1 fully saturated rings. The lowest BCUT2D eigenvalue weighted by atomic mass is 10.1. The number of fused-ring (bicyclic) bond motifs is 1. The quantitative estimate of drug-likeness (QED) is 0.886. The van der Waals surface area contributed by atoms with Gasteiger partial charge in [-0.3, -0.25) is 0 Å². The molecule has 1 aromatic rings. The van der Waals surface area contributed by atoms with Gasteiger partial charge in [-0.05, 0) is 31.5 Å². The van der Waals surface area contributed by atoms with Gasteiger partial charge in [0.25, 0.3) is 10.0 Å². The lowest BCUT2D eigenvalue weighted by Gasteiger charge is -2.23. The van der Waals surface area contributed by atoms with Crippen molar-refractivity contribution in [1.82, 2.24) is 5.32 Å². The Bertz CT molecular complexity index is 604. The number of benzene rings is 1. The molecule has 0 amide bonds. The van der Waals surface area contributed by atoms with Crippen LogP contribution < -0.4 is 5.32 Å². The molecule has 1 atom stereocenters. The normalized spacial score (nSPS) is 24.6. The third-order valence-corrected chi connectivity index (χ3v) is 4.75. The van der Waals surface area contributed by atoms with Crippen LogP contribution in [0, 0.1) is 0 Å². The Labute approximate surface area is 112 Å². The molecule has 0 saturated carbocycles. The van der Waals surface area contributed by atoms with Crippen LogP contribution in [0.3, 0.4) is 0 Å². The second-order valence-electron chi connectivity index (χ2n) is 4.83. The van der Waals surface area contributed by atoms with Crippen LogP contribution in [-0.2, 0) is 14.8 Å². The van der Waals surface area contributed by atoms with Crippen LogP contribution in [0.1, 0.15) is 24.8 Å². The highest BCUT2D eigenvalue weighted by molar-refractivity contribution is 7.90. The van der Waals surface area contributed by atoms with Crippen molar-refractivity contribution in [1.29, 1.82) is 0 Å². The molecule has 3 rings (SSSR count). The minimum absolute atomic E-state index is 0.225. The molecule has 0 radical (unpaired) electrons. The fraction of sp³-hybridized carbons (Fsp3) is 0.462. The van der Waals surface area contributed by atoms with E-state index in [0.717, 1.165) is 13.0 Å². The largest absolute Gasteiger partial charge is 0.475 e. The summed E-state index contributed by atoms with van der Waals surface area (Å²) in [5.74, 6) is 0.225. The predicted octanol–water partition coefficient (Wildman–Crippen LogP) is 1.29. The highest BCUT2D eigenvalue weighted by Gasteiger charge is 2.30. The summed E-state index contributed by atoms with van der Waals surface area (Å²) in [6, 6.07) is 7.05. The predicted molar refractivity (Wildman–Crippen MR) is 71.8 cm³/mol. The van der Waals surface area contributed by atoms with E-state index in [2.05, 4.69) is 9.71 Å². The Kier molecular flexibility index (Phi) is 3.28. The number of nitrogens with zero attached hydrogens (tertiary/aromatic N) is 1. The molecule has 5 nitrogen and oxygen atoms in total. The summed E-state index contributed by atoms with van der Waals surface area (Å²) in [6.07, 6.45) is 3.43. The van der Waals surface area contributed by atoms with Crippen LogP contribution in [0.5, 0.6) is 0 Å². The molecular formula is C13H16N2O3S. The van der Waals surface area contributed by atoms with Gasteiger partial charge in [-0.2, -0.15) is 8.42 Å². The summed E-state index contributed by atoms with van der Waals surface area (Å²) >= 11 is 0. The van der Waals surface area contributed by atoms with Crippen molar-refractivity contribution < 1.29 is 13.2 Å². The molecule has 2 aliphatic rings. The van der Waals surface area contributed by atoms with Crippen LogP contribution in [0.4, 0.5) is 0 Å². The van der Waals surface area contributed by atoms with E-state index in [0.29, 0.717) is 12.2 Å². The maximum absolute atomic E-state index is 11.8. The number of rotatable bonds is 2. The van der Waals surface area contributed by atoms with Gasteiger partial charge in [0.15, 0.2) is 0 Å².